The standard InChI is InChI=1S/C15H10ClFN2O/c16-10-5-3-4-9(8-10)13-14(19-20-15(13)18)11-6-1-2-7-12(11)17/h1-8H,18H2. The molecular formula is C15H10ClFN2O. The van der Waals surface area contributed by atoms with E-state index >= 15 is 0 Å². The monoisotopic (exact) mass is 288 g/mol. The molecule has 0 spiro atoms. The third kappa shape index (κ3) is 2.14. The molecule has 0 saturated carbocycles. The molecule has 1 aromatic heterocycles. The SMILES string of the molecule is Nc1onc(-c2ccccc2F)c1-c1cccc(Cl)c1. The van der Waals surface area contributed by atoms with Crippen LogP contribution in [0.25, 0.3) is 22.4 Å². The van der Waals surface area contributed by atoms with Gasteiger partial charge >= 0.3 is 0 Å². The molecule has 0 fully saturated rings. The quantitative estimate of drug-likeness (QED) is 0.761. The molecule has 3 rings (SSSR count). The smallest absolute Gasteiger partial charge is 0.230 e. The van der Waals surface area contributed by atoms with Crippen LogP contribution in [0, 0.1) is 5.82 Å². The number of nitrogens with two attached hydrogens (primary N) is 1. The van der Waals surface area contributed by atoms with E-state index in [2.05, 4.69) is 5.16 Å². The average molecular weight is 289 g/mol. The van der Waals surface area contributed by atoms with Crippen LogP contribution in [0.5, 0.6) is 0 Å². The first kappa shape index (κ1) is 12.7. The number of benzene rings is 2. The van der Waals surface area contributed by atoms with Gasteiger partial charge in [-0.25, -0.2) is 4.39 Å². The maximum atomic E-state index is 13.9. The van der Waals surface area contributed by atoms with Crippen molar-refractivity contribution < 1.29 is 8.91 Å². The summed E-state index contributed by atoms with van der Waals surface area (Å²) in [5.41, 5.74) is 7.79. The Labute approximate surface area is 119 Å². The largest absolute Gasteiger partial charge is 0.367 e. The summed E-state index contributed by atoms with van der Waals surface area (Å²) in [4.78, 5) is 0. The zero-order valence-corrected chi connectivity index (χ0v) is 11.1. The Morgan fingerprint density at radius 2 is 1.90 bits per heavy atom. The predicted molar refractivity (Wildman–Crippen MR) is 76.8 cm³/mol. The van der Waals surface area contributed by atoms with Crippen LogP contribution in [0.4, 0.5) is 10.3 Å². The molecule has 20 heavy (non-hydrogen) atoms. The number of aromatic nitrogens is 1. The van der Waals surface area contributed by atoms with E-state index in [9.17, 15) is 4.39 Å². The van der Waals surface area contributed by atoms with E-state index in [0.717, 1.165) is 5.56 Å². The van der Waals surface area contributed by atoms with Crippen molar-refractivity contribution in [1.82, 2.24) is 5.16 Å². The number of hydrogen-bond acceptors (Lipinski definition) is 3. The van der Waals surface area contributed by atoms with Crippen LogP contribution in [0.1, 0.15) is 0 Å². The molecule has 3 nitrogen and oxygen atoms in total. The van der Waals surface area contributed by atoms with E-state index in [1.807, 2.05) is 6.07 Å². The van der Waals surface area contributed by atoms with Gasteiger partial charge in [0.25, 0.3) is 0 Å². The summed E-state index contributed by atoms with van der Waals surface area (Å²) in [5, 5.41) is 4.43. The van der Waals surface area contributed by atoms with Gasteiger partial charge in [0.05, 0.1) is 5.56 Å². The minimum atomic E-state index is -0.385. The number of anilines is 1. The summed E-state index contributed by atoms with van der Waals surface area (Å²) < 4.78 is 18.9. The Kier molecular flexibility index (Phi) is 3.16. The van der Waals surface area contributed by atoms with Gasteiger partial charge in [0.2, 0.25) is 5.88 Å². The van der Waals surface area contributed by atoms with E-state index in [1.54, 1.807) is 36.4 Å². The van der Waals surface area contributed by atoms with Crippen LogP contribution >= 0.6 is 11.6 Å². The second kappa shape index (κ2) is 4.98. The molecule has 2 N–H and O–H groups in total. The zero-order valence-electron chi connectivity index (χ0n) is 10.3. The van der Waals surface area contributed by atoms with E-state index in [-0.39, 0.29) is 11.7 Å². The molecule has 0 aliphatic rings. The van der Waals surface area contributed by atoms with Crippen molar-refractivity contribution in [2.24, 2.45) is 0 Å². The van der Waals surface area contributed by atoms with Gasteiger partial charge in [-0.3, -0.25) is 0 Å². The van der Waals surface area contributed by atoms with Crippen LogP contribution < -0.4 is 5.73 Å². The fourth-order valence-electron chi connectivity index (χ4n) is 2.06. The van der Waals surface area contributed by atoms with Crippen LogP contribution in [0.15, 0.2) is 53.1 Å². The normalized spacial score (nSPS) is 10.7. The number of nitrogen functional groups attached to an aromatic ring is 1. The molecule has 0 aliphatic heterocycles. The summed E-state index contributed by atoms with van der Waals surface area (Å²) in [5.74, 6) is -0.255. The lowest BCUT2D eigenvalue weighted by atomic mass is 10.0. The minimum Gasteiger partial charge on any atom is -0.367 e. The Balaban J connectivity index is 2.23. The van der Waals surface area contributed by atoms with E-state index in [0.29, 0.717) is 21.8 Å². The van der Waals surface area contributed by atoms with Gasteiger partial charge in [-0.2, -0.15) is 0 Å². The molecule has 0 aliphatic carbocycles. The molecule has 1 heterocycles. The molecule has 2 aromatic carbocycles. The molecular weight excluding hydrogens is 279 g/mol. The topological polar surface area (TPSA) is 52.0 Å². The number of hydrogen-bond donors (Lipinski definition) is 1. The van der Waals surface area contributed by atoms with Crippen LogP contribution in [0.3, 0.4) is 0 Å². The summed E-state index contributed by atoms with van der Waals surface area (Å²) in [6.45, 7) is 0. The van der Waals surface area contributed by atoms with Gasteiger partial charge in [0, 0.05) is 10.6 Å². The summed E-state index contributed by atoms with van der Waals surface area (Å²) in [6, 6.07) is 13.4. The van der Waals surface area contributed by atoms with Crippen LogP contribution in [-0.4, -0.2) is 5.16 Å². The Hall–Kier alpha value is -2.33. The van der Waals surface area contributed by atoms with Crippen molar-refractivity contribution in [3.05, 3.63) is 59.4 Å². The second-order valence-corrected chi connectivity index (χ2v) is 4.70. The first-order chi connectivity index (χ1) is 9.66. The average Bonchev–Trinajstić information content (AvgIpc) is 2.81. The third-order valence-electron chi connectivity index (χ3n) is 2.96. The molecule has 0 unspecified atom stereocenters. The lowest BCUT2D eigenvalue weighted by Crippen LogP contribution is -1.89. The Morgan fingerprint density at radius 3 is 2.65 bits per heavy atom. The highest BCUT2D eigenvalue weighted by atomic mass is 35.5. The van der Waals surface area contributed by atoms with Gasteiger partial charge < -0.3 is 10.3 Å². The maximum absolute atomic E-state index is 13.9. The summed E-state index contributed by atoms with van der Waals surface area (Å²) >= 11 is 5.98. The van der Waals surface area contributed by atoms with Crippen molar-refractivity contribution in [1.29, 1.82) is 0 Å². The lowest BCUT2D eigenvalue weighted by Gasteiger charge is -2.04. The highest BCUT2D eigenvalue weighted by molar-refractivity contribution is 6.30. The first-order valence-corrected chi connectivity index (χ1v) is 6.30. The van der Waals surface area contributed by atoms with Crippen molar-refractivity contribution >= 4 is 17.5 Å². The van der Waals surface area contributed by atoms with Crippen molar-refractivity contribution in [2.75, 3.05) is 5.73 Å². The molecule has 5 heteroatoms. The molecule has 3 aromatic rings. The van der Waals surface area contributed by atoms with Gasteiger partial charge in [0.15, 0.2) is 0 Å². The summed E-state index contributed by atoms with van der Waals surface area (Å²) in [6.07, 6.45) is 0. The highest BCUT2D eigenvalue weighted by Crippen LogP contribution is 2.37. The van der Waals surface area contributed by atoms with Crippen molar-refractivity contribution in [3.63, 3.8) is 0 Å². The molecule has 0 saturated heterocycles. The van der Waals surface area contributed by atoms with E-state index in [1.165, 1.54) is 6.07 Å². The Morgan fingerprint density at radius 1 is 1.10 bits per heavy atom. The molecule has 0 radical (unpaired) electrons. The maximum Gasteiger partial charge on any atom is 0.230 e. The molecule has 100 valence electrons. The number of halogens is 2. The fourth-order valence-corrected chi connectivity index (χ4v) is 2.25. The molecule has 0 atom stereocenters. The highest BCUT2D eigenvalue weighted by Gasteiger charge is 2.19. The van der Waals surface area contributed by atoms with Crippen LogP contribution in [0.2, 0.25) is 5.02 Å². The van der Waals surface area contributed by atoms with Gasteiger partial charge in [-0.15, -0.1) is 0 Å². The number of nitrogens with zero attached hydrogens (tertiary/aromatic N) is 1. The predicted octanol–water partition coefficient (Wildman–Crippen LogP) is 4.38. The molecule has 0 bridgehead atoms. The van der Waals surface area contributed by atoms with E-state index < -0.39 is 0 Å². The first-order valence-electron chi connectivity index (χ1n) is 5.93. The summed E-state index contributed by atoms with van der Waals surface area (Å²) in [7, 11) is 0. The van der Waals surface area contributed by atoms with Crippen molar-refractivity contribution in [2.45, 2.75) is 0 Å². The van der Waals surface area contributed by atoms with Gasteiger partial charge in [-0.1, -0.05) is 41.0 Å². The second-order valence-electron chi connectivity index (χ2n) is 4.26. The van der Waals surface area contributed by atoms with Gasteiger partial charge in [-0.05, 0) is 29.8 Å². The third-order valence-corrected chi connectivity index (χ3v) is 3.20. The zero-order chi connectivity index (χ0) is 14.1. The Bertz CT molecular complexity index is 770. The molecule has 0 amide bonds. The van der Waals surface area contributed by atoms with E-state index in [4.69, 9.17) is 21.9 Å². The number of rotatable bonds is 2. The fraction of sp³-hybridized carbons (Fsp3) is 0. The van der Waals surface area contributed by atoms with Crippen molar-refractivity contribution in [3.8, 4) is 22.4 Å². The van der Waals surface area contributed by atoms with Crippen LogP contribution in [-0.2, 0) is 0 Å². The minimum absolute atomic E-state index is 0.130. The lowest BCUT2D eigenvalue weighted by molar-refractivity contribution is 0.439. The van der Waals surface area contributed by atoms with Gasteiger partial charge in [0.1, 0.15) is 11.5 Å².